The number of ether oxygens (including phenoxy) is 1. The van der Waals surface area contributed by atoms with Gasteiger partial charge in [0.25, 0.3) is 0 Å². The van der Waals surface area contributed by atoms with Crippen LogP contribution >= 0.6 is 0 Å². The molecule has 0 aromatic heterocycles. The number of hydrogen-bond acceptors (Lipinski definition) is 3. The maximum Gasteiger partial charge on any atom is 0.0466 e. The summed E-state index contributed by atoms with van der Waals surface area (Å²) in [4.78, 5) is 8.12. The first-order chi connectivity index (χ1) is 3.91. The fourth-order valence-electron chi connectivity index (χ4n) is 0.510. The Hall–Kier alpha value is -0.640. The number of rotatable bonds is 0. The molecule has 0 radical (unpaired) electrons. The molecule has 48 valence electrons. The molecule has 0 aromatic carbocycles. The first-order valence-corrected chi connectivity index (χ1v) is 2.49. The van der Waals surface area contributed by atoms with Crippen molar-refractivity contribution >= 4 is 0 Å². The number of hydrogen-bond donors (Lipinski definition) is 1. The quantitative estimate of drug-likeness (QED) is 0.333. The summed E-state index contributed by atoms with van der Waals surface area (Å²) in [5, 5.41) is 8.38. The Morgan fingerprint density at radius 2 is 1.75 bits per heavy atom. The van der Waals surface area contributed by atoms with E-state index in [-0.39, 0.29) is 5.34 Å². The highest BCUT2D eigenvalue weighted by Gasteiger charge is 1.94. The molecule has 0 saturated carbocycles. The lowest BCUT2D eigenvalue weighted by Gasteiger charge is -1.76. The van der Waals surface area contributed by atoms with Gasteiger partial charge < -0.3 is 4.74 Å². The van der Waals surface area contributed by atoms with Crippen LogP contribution in [0.3, 0.4) is 0 Å². The SMILES string of the molecule is C1CCOC1.O=[NH+][O-]. The van der Waals surface area contributed by atoms with Crippen molar-refractivity contribution in [1.29, 1.82) is 0 Å². The molecule has 0 bridgehead atoms. The van der Waals surface area contributed by atoms with Crippen molar-refractivity contribution in [3.8, 4) is 0 Å². The van der Waals surface area contributed by atoms with Crippen molar-refractivity contribution in [1.82, 2.24) is 0 Å². The first-order valence-electron chi connectivity index (χ1n) is 2.49. The van der Waals surface area contributed by atoms with Crippen LogP contribution in [-0.2, 0) is 4.74 Å². The zero-order chi connectivity index (χ0) is 6.24. The summed E-state index contributed by atoms with van der Waals surface area (Å²) in [6.07, 6.45) is 2.56. The number of nitrogens with one attached hydrogen (secondary N) is 1. The van der Waals surface area contributed by atoms with Crippen molar-refractivity contribution in [3.05, 3.63) is 10.1 Å². The van der Waals surface area contributed by atoms with Crippen LogP contribution < -0.4 is 5.34 Å². The molecule has 0 spiro atoms. The first kappa shape index (κ1) is 7.36. The molecular weight excluding hydrogens is 110 g/mol. The maximum absolute atomic E-state index is 8.12. The molecule has 1 saturated heterocycles. The fraction of sp³-hybridized carbons (Fsp3) is 1.00. The molecule has 4 nitrogen and oxygen atoms in total. The average molecular weight is 119 g/mol. The molecule has 8 heavy (non-hydrogen) atoms. The summed E-state index contributed by atoms with van der Waals surface area (Å²) >= 11 is 0. The lowest BCUT2D eigenvalue weighted by Crippen LogP contribution is -2.53. The fourth-order valence-corrected chi connectivity index (χ4v) is 0.510. The third kappa shape index (κ3) is 5.36. The van der Waals surface area contributed by atoms with Gasteiger partial charge in [-0.2, -0.15) is 0 Å². The minimum absolute atomic E-state index is 0.250. The van der Waals surface area contributed by atoms with Gasteiger partial charge in [-0.1, -0.05) is 0 Å². The Morgan fingerprint density at radius 1 is 1.38 bits per heavy atom. The molecule has 0 aromatic rings. The summed E-state index contributed by atoms with van der Waals surface area (Å²) in [7, 11) is 0. The van der Waals surface area contributed by atoms with E-state index in [0.29, 0.717) is 0 Å². The highest BCUT2D eigenvalue weighted by molar-refractivity contribution is 4.43. The van der Waals surface area contributed by atoms with Crippen LogP contribution in [0.4, 0.5) is 0 Å². The van der Waals surface area contributed by atoms with E-state index < -0.39 is 0 Å². The average Bonchev–Trinajstić information content (AvgIpc) is 2.17. The van der Waals surface area contributed by atoms with E-state index in [1.54, 1.807) is 0 Å². The lowest BCUT2D eigenvalue weighted by atomic mass is 10.4. The second-order valence-electron chi connectivity index (χ2n) is 1.40. The Balaban J connectivity index is 0.000000145. The predicted octanol–water partition coefficient (Wildman–Crippen LogP) is -0.872. The standard InChI is InChI=1S/C4H8O.HNO2/c1-2-4-5-3-1;2-1-3/h1-4H2;1H. The van der Waals surface area contributed by atoms with E-state index in [1.807, 2.05) is 0 Å². The largest absolute Gasteiger partial charge is 0.381 e. The van der Waals surface area contributed by atoms with Crippen LogP contribution in [0.15, 0.2) is 0 Å². The summed E-state index contributed by atoms with van der Waals surface area (Å²) < 4.78 is 4.94. The normalized spacial score (nSPS) is 16.5. The van der Waals surface area contributed by atoms with Crippen LogP contribution in [0.5, 0.6) is 0 Å². The van der Waals surface area contributed by atoms with E-state index in [2.05, 4.69) is 0 Å². The van der Waals surface area contributed by atoms with Gasteiger partial charge in [-0.25, -0.2) is 0 Å². The molecule has 1 aliphatic heterocycles. The Kier molecular flexibility index (Phi) is 5.85. The Bertz CT molecular complexity index is 45.6. The molecule has 1 heterocycles. The smallest absolute Gasteiger partial charge is 0.0466 e. The highest BCUT2D eigenvalue weighted by atomic mass is 16.6. The molecular formula is C4H9NO3. The van der Waals surface area contributed by atoms with E-state index in [1.165, 1.54) is 12.8 Å². The summed E-state index contributed by atoms with van der Waals surface area (Å²) in [6, 6.07) is 0. The Morgan fingerprint density at radius 3 is 1.88 bits per heavy atom. The lowest BCUT2D eigenvalue weighted by molar-refractivity contribution is -0.398. The molecule has 1 rings (SSSR count). The molecule has 0 atom stereocenters. The topological polar surface area (TPSA) is 63.3 Å². The second kappa shape index (κ2) is 6.36. The summed E-state index contributed by atoms with van der Waals surface area (Å²) in [6.45, 7) is 2.00. The molecule has 4 heteroatoms. The maximum atomic E-state index is 8.12. The van der Waals surface area contributed by atoms with E-state index in [4.69, 9.17) is 14.9 Å². The summed E-state index contributed by atoms with van der Waals surface area (Å²) in [5.74, 6) is 0. The molecule has 1 fully saturated rings. The summed E-state index contributed by atoms with van der Waals surface area (Å²) in [5.41, 5.74) is 0. The minimum atomic E-state index is 0.250. The van der Waals surface area contributed by atoms with Crippen molar-refractivity contribution < 1.29 is 10.1 Å². The van der Waals surface area contributed by atoms with Gasteiger partial charge in [0, 0.05) is 18.6 Å². The van der Waals surface area contributed by atoms with Gasteiger partial charge in [-0.3, -0.25) is 10.1 Å². The van der Waals surface area contributed by atoms with E-state index in [0.717, 1.165) is 13.2 Å². The van der Waals surface area contributed by atoms with Gasteiger partial charge in [0.2, 0.25) is 0 Å². The minimum Gasteiger partial charge on any atom is -0.381 e. The van der Waals surface area contributed by atoms with Gasteiger partial charge in [0.15, 0.2) is 0 Å². The van der Waals surface area contributed by atoms with Gasteiger partial charge in [0.05, 0.1) is 0 Å². The monoisotopic (exact) mass is 119 g/mol. The molecule has 0 amide bonds. The van der Waals surface area contributed by atoms with Crippen molar-refractivity contribution in [2.24, 2.45) is 0 Å². The van der Waals surface area contributed by atoms with Gasteiger partial charge in [-0.15, -0.1) is 0 Å². The van der Waals surface area contributed by atoms with Gasteiger partial charge in [0.1, 0.15) is 0 Å². The van der Waals surface area contributed by atoms with Crippen LogP contribution in [0.1, 0.15) is 12.8 Å². The van der Waals surface area contributed by atoms with Crippen molar-refractivity contribution in [3.63, 3.8) is 0 Å². The molecule has 1 aliphatic rings. The third-order valence-electron chi connectivity index (χ3n) is 0.827. The molecule has 0 aliphatic carbocycles. The third-order valence-corrected chi connectivity index (χ3v) is 0.827. The Labute approximate surface area is 47.4 Å². The molecule has 0 unspecified atom stereocenters. The second-order valence-corrected chi connectivity index (χ2v) is 1.40. The van der Waals surface area contributed by atoms with Crippen molar-refractivity contribution in [2.45, 2.75) is 12.8 Å². The van der Waals surface area contributed by atoms with Crippen LogP contribution in [0, 0.1) is 10.1 Å². The van der Waals surface area contributed by atoms with Crippen LogP contribution in [0.25, 0.3) is 0 Å². The van der Waals surface area contributed by atoms with E-state index >= 15 is 0 Å². The zero-order valence-electron chi connectivity index (χ0n) is 4.55. The highest BCUT2D eigenvalue weighted by Crippen LogP contribution is 1.98. The predicted molar refractivity (Wildman–Crippen MR) is 27.7 cm³/mol. The van der Waals surface area contributed by atoms with Crippen molar-refractivity contribution in [2.75, 3.05) is 13.2 Å². The van der Waals surface area contributed by atoms with Gasteiger partial charge in [-0.05, 0) is 12.8 Å². The van der Waals surface area contributed by atoms with E-state index in [9.17, 15) is 0 Å². The molecule has 1 N–H and O–H groups in total. The van der Waals surface area contributed by atoms with Crippen LogP contribution in [-0.4, -0.2) is 13.2 Å². The van der Waals surface area contributed by atoms with Crippen LogP contribution in [0.2, 0.25) is 0 Å². The zero-order valence-corrected chi connectivity index (χ0v) is 4.55. The van der Waals surface area contributed by atoms with Gasteiger partial charge >= 0.3 is 0 Å².